The van der Waals surface area contributed by atoms with Crippen molar-refractivity contribution in [1.29, 1.82) is 0 Å². The number of benzene rings is 3. The summed E-state index contributed by atoms with van der Waals surface area (Å²) >= 11 is 11.9. The molecule has 0 radical (unpaired) electrons. The van der Waals surface area contributed by atoms with Crippen molar-refractivity contribution in [1.82, 2.24) is 19.2 Å². The molecule has 0 spiro atoms. The largest absolute Gasteiger partial charge is 0.295 e. The van der Waals surface area contributed by atoms with E-state index in [9.17, 15) is 0 Å². The first-order chi connectivity index (χ1) is 14.6. The molecule has 4 rings (SSSR count). The van der Waals surface area contributed by atoms with E-state index in [-0.39, 0.29) is 0 Å². The maximum absolute atomic E-state index is 6.09. The van der Waals surface area contributed by atoms with Gasteiger partial charge in [0, 0.05) is 17.1 Å². The maximum atomic E-state index is 6.09. The molecule has 0 saturated heterocycles. The first kappa shape index (κ1) is 20.5. The van der Waals surface area contributed by atoms with Crippen molar-refractivity contribution in [2.45, 2.75) is 19.8 Å². The zero-order chi connectivity index (χ0) is 20.9. The molecule has 0 amide bonds. The van der Waals surface area contributed by atoms with Crippen LogP contribution >= 0.6 is 23.8 Å². The lowest BCUT2D eigenvalue weighted by Crippen LogP contribution is -2.22. The lowest BCUT2D eigenvalue weighted by Gasteiger charge is -2.16. The van der Waals surface area contributed by atoms with Gasteiger partial charge in [0.15, 0.2) is 10.6 Å². The van der Waals surface area contributed by atoms with Crippen LogP contribution < -0.4 is 0 Å². The van der Waals surface area contributed by atoms with Gasteiger partial charge in [-0.3, -0.25) is 9.47 Å². The molecular weight excluding hydrogens is 412 g/mol. The highest BCUT2D eigenvalue weighted by Crippen LogP contribution is 2.22. The Morgan fingerprint density at radius 1 is 0.867 bits per heavy atom. The normalized spacial score (nSPS) is 11.2. The summed E-state index contributed by atoms with van der Waals surface area (Å²) in [4.78, 5) is 2.20. The van der Waals surface area contributed by atoms with Gasteiger partial charge in [-0.2, -0.15) is 5.10 Å². The molecular formula is C24H23ClN4S. The highest BCUT2D eigenvalue weighted by atomic mass is 35.5. The Balaban J connectivity index is 1.66. The van der Waals surface area contributed by atoms with Gasteiger partial charge in [0.05, 0.1) is 13.2 Å². The van der Waals surface area contributed by atoms with Crippen LogP contribution in [0.25, 0.3) is 11.4 Å². The van der Waals surface area contributed by atoms with E-state index < -0.39 is 0 Å². The summed E-state index contributed by atoms with van der Waals surface area (Å²) in [6, 6.07) is 28.4. The zero-order valence-corrected chi connectivity index (χ0v) is 18.4. The number of nitrogens with zero attached hydrogens (tertiary/aromatic N) is 4. The second kappa shape index (κ2) is 9.39. The third-order valence-corrected chi connectivity index (χ3v) is 5.56. The quantitative estimate of drug-likeness (QED) is 0.340. The predicted octanol–water partition coefficient (Wildman–Crippen LogP) is 5.87. The van der Waals surface area contributed by atoms with Crippen LogP contribution in [0.1, 0.15) is 11.1 Å². The molecule has 0 bridgehead atoms. The van der Waals surface area contributed by atoms with Gasteiger partial charge >= 0.3 is 0 Å². The van der Waals surface area contributed by atoms with E-state index >= 15 is 0 Å². The van der Waals surface area contributed by atoms with Crippen LogP contribution in [0, 0.1) is 4.77 Å². The number of halogens is 1. The third-order valence-electron chi connectivity index (χ3n) is 4.88. The van der Waals surface area contributed by atoms with E-state index in [2.05, 4.69) is 52.9 Å². The first-order valence-corrected chi connectivity index (χ1v) is 10.6. The SMILES string of the molecule is CN(Cc1ccccc1)Cn1nc(-c2ccc(Cl)cc2)n(Cc2ccccc2)c1=S. The van der Waals surface area contributed by atoms with Crippen LogP contribution in [0.3, 0.4) is 0 Å². The molecule has 0 unspecified atom stereocenters. The fourth-order valence-corrected chi connectivity index (χ4v) is 3.80. The Labute approximate surface area is 187 Å². The molecule has 6 heteroatoms. The zero-order valence-electron chi connectivity index (χ0n) is 16.8. The summed E-state index contributed by atoms with van der Waals surface area (Å²) < 4.78 is 4.68. The first-order valence-electron chi connectivity index (χ1n) is 9.80. The minimum Gasteiger partial charge on any atom is -0.295 e. The second-order valence-electron chi connectivity index (χ2n) is 7.33. The van der Waals surface area contributed by atoms with Gasteiger partial charge in [0.1, 0.15) is 0 Å². The van der Waals surface area contributed by atoms with Crippen molar-refractivity contribution >= 4 is 23.8 Å². The highest BCUT2D eigenvalue weighted by Gasteiger charge is 2.14. The Kier molecular flexibility index (Phi) is 6.43. The summed E-state index contributed by atoms with van der Waals surface area (Å²) in [6.07, 6.45) is 0. The fourth-order valence-electron chi connectivity index (χ4n) is 3.43. The van der Waals surface area contributed by atoms with Crippen molar-refractivity contribution in [3.8, 4) is 11.4 Å². The van der Waals surface area contributed by atoms with Crippen LogP contribution in [0.4, 0.5) is 0 Å². The van der Waals surface area contributed by atoms with E-state index in [4.69, 9.17) is 28.9 Å². The van der Waals surface area contributed by atoms with Crippen molar-refractivity contribution in [3.05, 3.63) is 106 Å². The van der Waals surface area contributed by atoms with Crippen LogP contribution in [0.5, 0.6) is 0 Å². The molecule has 4 aromatic rings. The van der Waals surface area contributed by atoms with E-state index in [1.54, 1.807) is 0 Å². The van der Waals surface area contributed by atoms with Crippen molar-refractivity contribution in [3.63, 3.8) is 0 Å². The second-order valence-corrected chi connectivity index (χ2v) is 8.13. The summed E-state index contributed by atoms with van der Waals surface area (Å²) in [5.74, 6) is 0.841. The molecule has 0 atom stereocenters. The Morgan fingerprint density at radius 3 is 2.10 bits per heavy atom. The molecule has 0 aliphatic carbocycles. The minimum atomic E-state index is 0.607. The van der Waals surface area contributed by atoms with Crippen molar-refractivity contribution in [2.24, 2.45) is 0 Å². The van der Waals surface area contributed by atoms with Gasteiger partial charge in [-0.15, -0.1) is 0 Å². The topological polar surface area (TPSA) is 26.0 Å². The van der Waals surface area contributed by atoms with Gasteiger partial charge in [0.2, 0.25) is 0 Å². The van der Waals surface area contributed by atoms with Crippen molar-refractivity contribution < 1.29 is 0 Å². The number of hydrogen-bond acceptors (Lipinski definition) is 3. The lowest BCUT2D eigenvalue weighted by molar-refractivity contribution is 0.244. The number of rotatable bonds is 7. The van der Waals surface area contributed by atoms with E-state index in [0.29, 0.717) is 23.0 Å². The molecule has 0 saturated carbocycles. The highest BCUT2D eigenvalue weighted by molar-refractivity contribution is 7.71. The smallest absolute Gasteiger partial charge is 0.199 e. The average Bonchev–Trinajstić information content (AvgIpc) is 3.05. The van der Waals surface area contributed by atoms with Crippen molar-refractivity contribution in [2.75, 3.05) is 7.05 Å². The Hall–Kier alpha value is -2.73. The molecule has 152 valence electrons. The predicted molar refractivity (Wildman–Crippen MR) is 125 cm³/mol. The molecule has 0 aliphatic rings. The number of aromatic nitrogens is 3. The average molecular weight is 435 g/mol. The summed E-state index contributed by atoms with van der Waals surface area (Å²) in [7, 11) is 2.08. The Bertz CT molecular complexity index is 1150. The van der Waals surface area contributed by atoms with E-state index in [0.717, 1.165) is 17.9 Å². The maximum Gasteiger partial charge on any atom is 0.199 e. The molecule has 3 aromatic carbocycles. The molecule has 1 aromatic heterocycles. The molecule has 0 fully saturated rings. The molecule has 4 nitrogen and oxygen atoms in total. The van der Waals surface area contributed by atoms with E-state index in [1.165, 1.54) is 11.1 Å². The lowest BCUT2D eigenvalue weighted by atomic mass is 10.2. The molecule has 0 aliphatic heterocycles. The van der Waals surface area contributed by atoms with Crippen LogP contribution in [0.2, 0.25) is 5.02 Å². The van der Waals surface area contributed by atoms with E-state index in [1.807, 2.05) is 53.2 Å². The summed E-state index contributed by atoms with van der Waals surface area (Å²) in [5, 5.41) is 5.58. The Morgan fingerprint density at radius 2 is 1.47 bits per heavy atom. The molecule has 0 N–H and O–H groups in total. The van der Waals surface area contributed by atoms with Gasteiger partial charge in [-0.05, 0) is 54.7 Å². The van der Waals surface area contributed by atoms with Gasteiger partial charge in [-0.25, -0.2) is 4.68 Å². The number of hydrogen-bond donors (Lipinski definition) is 0. The fraction of sp³-hybridized carbons (Fsp3) is 0.167. The molecule has 1 heterocycles. The van der Waals surface area contributed by atoms with Crippen LogP contribution in [-0.2, 0) is 19.8 Å². The molecule has 30 heavy (non-hydrogen) atoms. The summed E-state index contributed by atoms with van der Waals surface area (Å²) in [6.45, 7) is 2.10. The van der Waals surface area contributed by atoms with Gasteiger partial charge in [0.25, 0.3) is 0 Å². The van der Waals surface area contributed by atoms with Gasteiger partial charge < -0.3 is 0 Å². The van der Waals surface area contributed by atoms with Crippen LogP contribution in [0.15, 0.2) is 84.9 Å². The minimum absolute atomic E-state index is 0.607. The monoisotopic (exact) mass is 434 g/mol. The van der Waals surface area contributed by atoms with Crippen LogP contribution in [-0.4, -0.2) is 26.3 Å². The standard InChI is InChI=1S/C24H23ClN4S/c1-27(16-19-8-4-2-5-9-19)18-29-24(30)28(17-20-10-6-3-7-11-20)23(26-29)21-12-14-22(25)15-13-21/h2-15H,16-18H2,1H3. The summed E-state index contributed by atoms with van der Waals surface area (Å²) in [5.41, 5.74) is 3.43. The van der Waals surface area contributed by atoms with Gasteiger partial charge in [-0.1, -0.05) is 72.3 Å². The third kappa shape index (κ3) is 4.87.